The Hall–Kier alpha value is -1.30. The summed E-state index contributed by atoms with van der Waals surface area (Å²) in [4.78, 5) is 9.93. The minimum absolute atomic E-state index is 0.0424. The summed E-state index contributed by atoms with van der Waals surface area (Å²) in [6.45, 7) is 0.279. The van der Waals surface area contributed by atoms with E-state index in [2.05, 4.69) is 10.3 Å². The van der Waals surface area contributed by atoms with Crippen molar-refractivity contribution in [2.45, 2.75) is 6.54 Å². The number of hydrogen-bond donors (Lipinski definition) is 3. The number of aliphatic hydroxyl groups excluding tert-OH is 1. The number of nitrogen functional groups attached to an aromatic ring is 1. The molecule has 0 saturated heterocycles. The molecule has 0 aliphatic carbocycles. The van der Waals surface area contributed by atoms with Gasteiger partial charge in [0.05, 0.1) is 13.2 Å². The molecule has 0 amide bonds. The molecule has 0 saturated carbocycles. The average Bonchev–Trinajstić information content (AvgIpc) is 1.88. The molecule has 0 radical (unpaired) electrons. The van der Waals surface area contributed by atoms with E-state index >= 15 is 0 Å². The lowest BCUT2D eigenvalue weighted by Crippen LogP contribution is -2.15. The number of nitroso groups, excluding NO2 is 1. The van der Waals surface area contributed by atoms with Gasteiger partial charge in [0, 0.05) is 0 Å². The van der Waals surface area contributed by atoms with Crippen molar-refractivity contribution >= 4 is 11.6 Å². The highest BCUT2D eigenvalue weighted by Gasteiger charge is 2.09. The summed E-state index contributed by atoms with van der Waals surface area (Å²) in [6.07, 6.45) is 0. The summed E-state index contributed by atoms with van der Waals surface area (Å²) >= 11 is 0. The van der Waals surface area contributed by atoms with Gasteiger partial charge in [-0.25, -0.2) is 0 Å². The Labute approximate surface area is 56.6 Å². The molecule has 56 valence electrons. The molecule has 10 heavy (non-hydrogen) atoms. The van der Waals surface area contributed by atoms with E-state index in [4.69, 9.17) is 10.8 Å². The number of aromatic amines is 1. The molecule has 0 aliphatic rings. The molecule has 0 fully saturated rings. The number of H-pyrrole nitrogens is 1. The van der Waals surface area contributed by atoms with Crippen LogP contribution in [-0.2, 0) is 6.54 Å². The molecule has 6 nitrogen and oxygen atoms in total. The number of aromatic nitrogens is 2. The van der Waals surface area contributed by atoms with Crippen LogP contribution in [-0.4, -0.2) is 21.5 Å². The van der Waals surface area contributed by atoms with E-state index in [-0.39, 0.29) is 18.2 Å². The Morgan fingerprint density at radius 1 is 1.80 bits per heavy atom. The summed E-state index contributed by atoms with van der Waals surface area (Å²) in [7, 11) is 0. The van der Waals surface area contributed by atoms with Crippen LogP contribution in [0.25, 0.3) is 0 Å². The van der Waals surface area contributed by atoms with Gasteiger partial charge < -0.3 is 10.8 Å². The second-order valence-electron chi connectivity index (χ2n) is 1.82. The fourth-order valence-electron chi connectivity index (χ4n) is 0.701. The van der Waals surface area contributed by atoms with Gasteiger partial charge >= 0.3 is 0 Å². The summed E-state index contributed by atoms with van der Waals surface area (Å²) in [6, 6.07) is 0. The van der Waals surface area contributed by atoms with Crippen LogP contribution in [0.3, 0.4) is 0 Å². The van der Waals surface area contributed by atoms with Gasteiger partial charge in [0.2, 0.25) is 5.82 Å². The maximum atomic E-state index is 9.93. The minimum Gasteiger partial charge on any atom is -0.394 e. The standard InChI is InChI=1S/C4H8N4O2/c5-3-4(7-10)8(6-3)1-2-9/h6,9H,1-2,5H2. The number of hydrogen-bond acceptors (Lipinski definition) is 4. The fraction of sp³-hybridized carbons (Fsp3) is 0.500. The fourth-order valence-corrected chi connectivity index (χ4v) is 0.701. The number of rotatable bonds is 3. The third-order valence-corrected chi connectivity index (χ3v) is 1.16. The first-order valence-corrected chi connectivity index (χ1v) is 2.77. The van der Waals surface area contributed by atoms with Crippen molar-refractivity contribution in [2.24, 2.45) is 5.18 Å². The Kier molecular flexibility index (Phi) is 1.72. The lowest BCUT2D eigenvalue weighted by atomic mass is 10.5. The average molecular weight is 144 g/mol. The van der Waals surface area contributed by atoms with E-state index in [0.717, 1.165) is 0 Å². The zero-order valence-corrected chi connectivity index (χ0v) is 5.24. The molecule has 0 aliphatic heterocycles. The highest BCUT2D eigenvalue weighted by atomic mass is 16.3. The first-order valence-electron chi connectivity index (χ1n) is 2.77. The van der Waals surface area contributed by atoms with Crippen molar-refractivity contribution in [1.29, 1.82) is 0 Å². The topological polar surface area (TPSA) is 96.4 Å². The van der Waals surface area contributed by atoms with E-state index in [1.807, 2.05) is 0 Å². The van der Waals surface area contributed by atoms with Crippen molar-refractivity contribution in [3.8, 4) is 0 Å². The second-order valence-corrected chi connectivity index (χ2v) is 1.82. The number of aliphatic hydroxyl groups is 1. The highest BCUT2D eigenvalue weighted by Crippen LogP contribution is 2.21. The molecule has 1 heterocycles. The van der Waals surface area contributed by atoms with Gasteiger partial charge in [-0.2, -0.15) is 0 Å². The second kappa shape index (κ2) is 2.53. The van der Waals surface area contributed by atoms with Crippen LogP contribution in [0.2, 0.25) is 0 Å². The lowest BCUT2D eigenvalue weighted by Gasteiger charge is -2.13. The summed E-state index contributed by atoms with van der Waals surface area (Å²) in [5.41, 5.74) is 5.21. The van der Waals surface area contributed by atoms with Gasteiger partial charge in [0.25, 0.3) is 0 Å². The highest BCUT2D eigenvalue weighted by molar-refractivity contribution is 5.53. The maximum Gasteiger partial charge on any atom is 0.233 e. The largest absolute Gasteiger partial charge is 0.394 e. The molecule has 1 aromatic rings. The molecule has 1 rings (SSSR count). The zero-order chi connectivity index (χ0) is 7.56. The minimum atomic E-state index is -0.0424. The molecular weight excluding hydrogens is 136 g/mol. The molecule has 0 spiro atoms. The first-order chi connectivity index (χ1) is 4.79. The van der Waals surface area contributed by atoms with Gasteiger partial charge in [-0.3, -0.25) is 9.78 Å². The summed E-state index contributed by atoms with van der Waals surface area (Å²) in [5.74, 6) is 0.414. The molecule has 0 atom stereocenters. The van der Waals surface area contributed by atoms with Gasteiger partial charge in [-0.1, -0.05) is 0 Å². The monoisotopic (exact) mass is 144 g/mol. The van der Waals surface area contributed by atoms with E-state index < -0.39 is 0 Å². The van der Waals surface area contributed by atoms with Crippen LogP contribution in [0.4, 0.5) is 11.6 Å². The SMILES string of the molecule is Nc1[nH]n(CCO)c1N=O. The molecular formula is C4H8N4O2. The van der Waals surface area contributed by atoms with Crippen molar-refractivity contribution in [3.63, 3.8) is 0 Å². The van der Waals surface area contributed by atoms with Crippen LogP contribution in [0.15, 0.2) is 5.18 Å². The molecule has 6 heteroatoms. The Bertz CT molecular complexity index is 226. The molecule has 1 aromatic heterocycles. The van der Waals surface area contributed by atoms with Crippen molar-refractivity contribution in [1.82, 2.24) is 9.78 Å². The van der Waals surface area contributed by atoms with Crippen LogP contribution in [0.1, 0.15) is 0 Å². The number of nitrogens with zero attached hydrogens (tertiary/aromatic N) is 2. The van der Waals surface area contributed by atoms with E-state index in [1.165, 1.54) is 4.68 Å². The summed E-state index contributed by atoms with van der Waals surface area (Å²) in [5, 5.41) is 13.6. The van der Waals surface area contributed by atoms with Gasteiger partial charge in [0.15, 0.2) is 5.82 Å². The van der Waals surface area contributed by atoms with Crippen LogP contribution in [0.5, 0.6) is 0 Å². The molecule has 0 aromatic carbocycles. The molecule has 0 bridgehead atoms. The Balaban J connectivity index is 2.69. The zero-order valence-electron chi connectivity index (χ0n) is 5.24. The smallest absolute Gasteiger partial charge is 0.233 e. The molecule has 4 N–H and O–H groups in total. The lowest BCUT2D eigenvalue weighted by molar-refractivity contribution is 0.267. The third kappa shape index (κ3) is 0.883. The van der Waals surface area contributed by atoms with Crippen LogP contribution in [0, 0.1) is 4.91 Å². The van der Waals surface area contributed by atoms with E-state index in [9.17, 15) is 4.91 Å². The van der Waals surface area contributed by atoms with Gasteiger partial charge in [0.1, 0.15) is 0 Å². The van der Waals surface area contributed by atoms with E-state index in [0.29, 0.717) is 6.54 Å². The Morgan fingerprint density at radius 2 is 2.50 bits per heavy atom. The van der Waals surface area contributed by atoms with Crippen LogP contribution < -0.4 is 5.73 Å². The first kappa shape index (κ1) is 6.81. The summed E-state index contributed by atoms with van der Waals surface area (Å²) < 4.78 is 1.38. The normalized spacial score (nSPS) is 10.1. The molecule has 0 unspecified atom stereocenters. The maximum absolute atomic E-state index is 9.93. The Morgan fingerprint density at radius 3 is 2.90 bits per heavy atom. The number of nitrogens with one attached hydrogen (secondary N) is 1. The van der Waals surface area contributed by atoms with Crippen molar-refractivity contribution in [2.75, 3.05) is 12.3 Å². The van der Waals surface area contributed by atoms with Gasteiger partial charge in [-0.15, -0.1) is 4.91 Å². The number of anilines is 1. The predicted molar refractivity (Wildman–Crippen MR) is 35.7 cm³/mol. The number of nitrogens with two attached hydrogens (primary N) is 1. The van der Waals surface area contributed by atoms with Crippen molar-refractivity contribution in [3.05, 3.63) is 4.91 Å². The predicted octanol–water partition coefficient (Wildman–Crippen LogP) is -0.211. The van der Waals surface area contributed by atoms with Crippen LogP contribution >= 0.6 is 0 Å². The quantitative estimate of drug-likeness (QED) is 0.512. The van der Waals surface area contributed by atoms with E-state index in [1.54, 1.807) is 0 Å². The third-order valence-electron chi connectivity index (χ3n) is 1.16. The van der Waals surface area contributed by atoms with Gasteiger partial charge in [-0.05, 0) is 5.18 Å². The van der Waals surface area contributed by atoms with Crippen molar-refractivity contribution < 1.29 is 5.11 Å².